The highest BCUT2D eigenvalue weighted by molar-refractivity contribution is 9.09. The second-order valence-electron chi connectivity index (χ2n) is 23.4. The van der Waals surface area contributed by atoms with Crippen LogP contribution in [0, 0.1) is 80.8 Å². The number of methoxy groups -OCH3 is 2. The first kappa shape index (κ1) is 55.0. The highest BCUT2D eigenvalue weighted by Crippen LogP contribution is 2.70. The van der Waals surface area contributed by atoms with Gasteiger partial charge in [-0.25, -0.2) is 9.97 Å². The molecule has 0 aliphatic heterocycles. The van der Waals surface area contributed by atoms with E-state index >= 15 is 0 Å². The zero-order chi connectivity index (χ0) is 44.8. The molecule has 3 N–H and O–H groups in total. The first-order valence-electron chi connectivity index (χ1n) is 25.0. The Kier molecular flexibility index (Phi) is 18.0. The largest absolute Gasteiger partial charge is 0.387 e. The molecule has 16 atom stereocenters. The molecule has 2 aromatic heterocycles. The van der Waals surface area contributed by atoms with Gasteiger partial charge in [0, 0.05) is 50.8 Å². The average Bonchev–Trinajstić information content (AvgIpc) is 4.10. The third-order valence-electron chi connectivity index (χ3n) is 20.7. The highest BCUT2D eigenvalue weighted by Gasteiger charge is 2.64. The van der Waals surface area contributed by atoms with Crippen LogP contribution in [0.5, 0.6) is 0 Å². The lowest BCUT2D eigenvalue weighted by Crippen LogP contribution is -2.56. The van der Waals surface area contributed by atoms with Gasteiger partial charge in [-0.1, -0.05) is 65.9 Å². The van der Waals surface area contributed by atoms with Gasteiger partial charge in [0.15, 0.2) is 5.78 Å². The normalized spacial score (nSPS) is 43.8. The number of hydrogen-bond acceptors (Lipinski definition) is 8. The number of nitrogens with one attached hydrogen (secondary N) is 1. The smallest absolute Gasteiger partial charge is 0.156 e. The molecule has 8 aliphatic carbocycles. The molecule has 10 nitrogen and oxygen atoms in total. The van der Waals surface area contributed by atoms with Gasteiger partial charge in [-0.3, -0.25) is 9.59 Å². The van der Waals surface area contributed by atoms with Gasteiger partial charge in [-0.2, -0.15) is 0 Å². The van der Waals surface area contributed by atoms with E-state index in [9.17, 15) is 19.8 Å². The van der Waals surface area contributed by atoms with E-state index in [-0.39, 0.29) is 44.9 Å². The Labute approximate surface area is 408 Å². The van der Waals surface area contributed by atoms with Crippen molar-refractivity contribution in [1.29, 1.82) is 0 Å². The van der Waals surface area contributed by atoms with Crippen LogP contribution in [0.4, 0.5) is 0 Å². The van der Waals surface area contributed by atoms with E-state index < -0.39 is 11.2 Å². The van der Waals surface area contributed by atoms with Crippen molar-refractivity contribution in [3.8, 4) is 0 Å². The summed E-state index contributed by atoms with van der Waals surface area (Å²) >= 11 is 3.43. The standard InChI is InChI=1S/C26H40N2O3.C23H37BrO3.C3H4N2.3CH4/c1-24-10-11-26(30,16-31-3)14-18(24)4-5-19-20-6-7-22(25(20,2)9-8-21(19)24)23(29)15-28-13-12-27-17-28;1-21-10-11-23(26,14-27-3)12-15(21)4-5-16-17-6-7-19(20(25)13-24)22(17,2)9-8-18(16)21;1-2-5-3-4-1;;;/h12-13,17-22,30H,4-11,14-16H2,1-3H3;15-19,26H,4-14H2,1-3H3;1-3H,(H,4,5);3*1H4/t18-,19-,20-,21-,22+,24-,25-,26+;15-,16-,17-,18-,19+,21-,22-,23+;;;;/m00..../s1. The molecule has 8 saturated carbocycles. The Balaban J connectivity index is 0.000000216. The number of halogens is 1. The van der Waals surface area contributed by atoms with Crippen LogP contribution in [0.25, 0.3) is 0 Å². The van der Waals surface area contributed by atoms with E-state index in [4.69, 9.17) is 9.47 Å². The first-order chi connectivity index (χ1) is 30.1. The van der Waals surface area contributed by atoms with Gasteiger partial charge in [-0.05, 0) is 185 Å². The summed E-state index contributed by atoms with van der Waals surface area (Å²) in [6.07, 6.45) is 30.9. The van der Waals surface area contributed by atoms with E-state index in [0.29, 0.717) is 65.2 Å². The van der Waals surface area contributed by atoms with E-state index in [1.54, 1.807) is 45.5 Å². The maximum Gasteiger partial charge on any atom is 0.156 e. The Morgan fingerprint density at radius 2 is 1.12 bits per heavy atom. The fourth-order valence-corrected chi connectivity index (χ4v) is 17.9. The van der Waals surface area contributed by atoms with Crippen molar-refractivity contribution in [2.75, 3.05) is 32.8 Å². The minimum Gasteiger partial charge on any atom is -0.387 e. The van der Waals surface area contributed by atoms with Crippen molar-refractivity contribution in [3.63, 3.8) is 0 Å². The fraction of sp³-hybridized carbons (Fsp3) is 0.855. The third-order valence-corrected chi connectivity index (χ3v) is 21.2. The number of H-pyrrole nitrogens is 1. The van der Waals surface area contributed by atoms with E-state index in [2.05, 4.69) is 58.6 Å². The molecule has 8 fully saturated rings. The molecule has 0 bridgehead atoms. The number of aromatic amines is 1. The lowest BCUT2D eigenvalue weighted by molar-refractivity contribution is -0.164. The van der Waals surface area contributed by atoms with Gasteiger partial charge in [0.2, 0.25) is 0 Å². The zero-order valence-corrected chi connectivity index (χ0v) is 41.1. The number of nitrogens with zero attached hydrogens (tertiary/aromatic N) is 3. The molecule has 66 heavy (non-hydrogen) atoms. The van der Waals surface area contributed by atoms with Crippen molar-refractivity contribution in [3.05, 3.63) is 37.4 Å². The van der Waals surface area contributed by atoms with Crippen LogP contribution >= 0.6 is 15.9 Å². The molecular formula is C55H93BrN4O6. The Morgan fingerprint density at radius 1 is 0.636 bits per heavy atom. The fourth-order valence-electron chi connectivity index (χ4n) is 17.5. The number of fused-ring (bicyclic) bond motifs is 10. The number of ketones is 2. The maximum absolute atomic E-state index is 13.3. The predicted octanol–water partition coefficient (Wildman–Crippen LogP) is 11.8. The van der Waals surface area contributed by atoms with Crippen molar-refractivity contribution < 1.29 is 29.3 Å². The van der Waals surface area contributed by atoms with Gasteiger partial charge < -0.3 is 29.2 Å². The topological polar surface area (TPSA) is 140 Å². The highest BCUT2D eigenvalue weighted by atomic mass is 79.9. The minimum absolute atomic E-state index is 0. The SMILES string of the molecule is C.C.C.COC[C@@]1(O)CC[C@@]2(C)[C@@H](CC[C@@H]3[C@@H]2CC[C@]2(C)[C@@H](C(=O)CBr)CC[C@@H]32)C1.COC[C@@]1(O)CC[C@@]2(C)[C@@H](CC[C@@H]3[C@@H]2CC[C@]2(C)[C@@H](C(=O)Cn4ccnc4)CC[C@@H]32)C1.c1c[nH]cn1. The van der Waals surface area contributed by atoms with Crippen molar-refractivity contribution >= 4 is 27.5 Å². The number of alkyl halides is 1. The molecule has 0 unspecified atom stereocenters. The molecular weight excluding hydrogens is 893 g/mol. The number of carbonyl (C=O) groups excluding carboxylic acids is 2. The molecule has 11 heteroatoms. The lowest BCUT2D eigenvalue weighted by atomic mass is 9.44. The summed E-state index contributed by atoms with van der Waals surface area (Å²) in [7, 11) is 3.41. The van der Waals surface area contributed by atoms with Gasteiger partial charge in [-0.15, -0.1) is 0 Å². The molecule has 0 amide bonds. The van der Waals surface area contributed by atoms with Crippen LogP contribution in [0.3, 0.4) is 0 Å². The van der Waals surface area contributed by atoms with Crippen LogP contribution in [-0.4, -0.2) is 85.3 Å². The number of Topliss-reactive ketones (excluding diaryl/α,β-unsaturated/α-hetero) is 2. The van der Waals surface area contributed by atoms with Crippen molar-refractivity contribution in [2.45, 2.75) is 183 Å². The minimum atomic E-state index is -0.632. The number of carbonyl (C=O) groups is 2. The number of ether oxygens (including phenoxy) is 2. The molecule has 8 aliphatic rings. The predicted molar refractivity (Wildman–Crippen MR) is 269 cm³/mol. The Hall–Kier alpha value is -1.92. The summed E-state index contributed by atoms with van der Waals surface area (Å²) in [6.45, 7) is 11.3. The molecule has 0 radical (unpaired) electrons. The lowest BCUT2D eigenvalue weighted by Gasteiger charge is -2.62. The zero-order valence-electron chi connectivity index (χ0n) is 39.5. The summed E-state index contributed by atoms with van der Waals surface area (Å²) in [4.78, 5) is 36.4. The summed E-state index contributed by atoms with van der Waals surface area (Å²) in [5.74, 6) is 7.00. The van der Waals surface area contributed by atoms with E-state index in [0.717, 1.165) is 81.0 Å². The number of rotatable bonds is 9. The van der Waals surface area contributed by atoms with Gasteiger partial charge in [0.05, 0.1) is 48.9 Å². The van der Waals surface area contributed by atoms with Crippen LogP contribution in [-0.2, 0) is 25.6 Å². The molecule has 0 spiro atoms. The van der Waals surface area contributed by atoms with E-state index in [1.165, 1.54) is 64.2 Å². The van der Waals surface area contributed by atoms with Crippen LogP contribution in [0.2, 0.25) is 0 Å². The molecule has 10 rings (SSSR count). The van der Waals surface area contributed by atoms with Crippen molar-refractivity contribution in [2.24, 2.45) is 80.8 Å². The van der Waals surface area contributed by atoms with Gasteiger partial charge in [0.1, 0.15) is 5.78 Å². The van der Waals surface area contributed by atoms with Crippen LogP contribution in [0.1, 0.15) is 166 Å². The van der Waals surface area contributed by atoms with Crippen molar-refractivity contribution in [1.82, 2.24) is 19.5 Å². The second kappa shape index (κ2) is 21.6. The molecule has 0 saturated heterocycles. The monoisotopic (exact) mass is 985 g/mol. The Morgan fingerprint density at radius 3 is 1.52 bits per heavy atom. The summed E-state index contributed by atoms with van der Waals surface area (Å²) in [5.41, 5.74) is -0.165. The molecule has 376 valence electrons. The summed E-state index contributed by atoms with van der Waals surface area (Å²) in [6, 6.07) is 0. The number of aliphatic hydroxyl groups is 2. The first-order valence-corrected chi connectivity index (χ1v) is 26.1. The average molecular weight is 986 g/mol. The number of aromatic nitrogens is 4. The maximum atomic E-state index is 13.3. The van der Waals surface area contributed by atoms with Gasteiger partial charge in [0.25, 0.3) is 0 Å². The van der Waals surface area contributed by atoms with Crippen LogP contribution in [0.15, 0.2) is 37.4 Å². The molecule has 0 aromatic carbocycles. The van der Waals surface area contributed by atoms with E-state index in [1.807, 2.05) is 10.8 Å². The quantitative estimate of drug-likeness (QED) is 0.211. The Bertz CT molecular complexity index is 1830. The third kappa shape index (κ3) is 10.0. The summed E-state index contributed by atoms with van der Waals surface area (Å²) < 4.78 is 12.6. The van der Waals surface area contributed by atoms with Gasteiger partial charge >= 0.3 is 0 Å². The van der Waals surface area contributed by atoms with Crippen LogP contribution < -0.4 is 0 Å². The number of hydrogen-bond donors (Lipinski definition) is 3. The molecule has 2 heterocycles. The summed E-state index contributed by atoms with van der Waals surface area (Å²) in [5, 5.41) is 22.5. The second-order valence-corrected chi connectivity index (χ2v) is 24.0. The molecule has 2 aromatic rings. The number of imidazole rings is 2.